The lowest BCUT2D eigenvalue weighted by atomic mass is 10.1. The molecule has 1 fully saturated rings. The third kappa shape index (κ3) is 4.44. The van der Waals surface area contributed by atoms with Gasteiger partial charge in [-0.3, -0.25) is 4.79 Å². The lowest BCUT2D eigenvalue weighted by Gasteiger charge is -2.16. The summed E-state index contributed by atoms with van der Waals surface area (Å²) in [6.07, 6.45) is 1.12. The van der Waals surface area contributed by atoms with Gasteiger partial charge in [0.05, 0.1) is 19.3 Å². The molecule has 5 nitrogen and oxygen atoms in total. The first-order valence-corrected chi connectivity index (χ1v) is 7.37. The molecule has 1 heterocycles. The standard InChI is InChI=1S/C16H24N2O3/c1-20-10-9-18-8-7-13(12-18)11-17-16(19)14-5-3-4-6-15(14)21-2/h3-6,13H,7-12H2,1-2H3,(H,17,19)/t13-/m1/s1. The van der Waals surface area contributed by atoms with Crippen molar-refractivity contribution in [1.29, 1.82) is 0 Å². The molecular weight excluding hydrogens is 268 g/mol. The van der Waals surface area contributed by atoms with E-state index in [1.165, 1.54) is 0 Å². The van der Waals surface area contributed by atoms with E-state index < -0.39 is 0 Å². The molecule has 116 valence electrons. The van der Waals surface area contributed by atoms with Crippen molar-refractivity contribution >= 4 is 5.91 Å². The van der Waals surface area contributed by atoms with Gasteiger partial charge in [0.15, 0.2) is 0 Å². The molecule has 0 radical (unpaired) electrons. The molecule has 1 amide bonds. The first kappa shape index (κ1) is 15.8. The van der Waals surface area contributed by atoms with E-state index in [0.29, 0.717) is 23.8 Å². The number of methoxy groups -OCH3 is 2. The molecule has 0 unspecified atom stereocenters. The van der Waals surface area contributed by atoms with Crippen LogP contribution in [0.5, 0.6) is 5.75 Å². The molecule has 1 saturated heterocycles. The zero-order valence-electron chi connectivity index (χ0n) is 12.8. The Morgan fingerprint density at radius 2 is 2.19 bits per heavy atom. The summed E-state index contributed by atoms with van der Waals surface area (Å²) in [5.41, 5.74) is 0.592. The van der Waals surface area contributed by atoms with Crippen molar-refractivity contribution in [3.8, 4) is 5.75 Å². The summed E-state index contributed by atoms with van der Waals surface area (Å²) >= 11 is 0. The molecular formula is C16H24N2O3. The van der Waals surface area contributed by atoms with Crippen LogP contribution in [0.4, 0.5) is 0 Å². The summed E-state index contributed by atoms with van der Waals surface area (Å²) in [5, 5.41) is 3.02. The number of carbonyl (C=O) groups excluding carboxylic acids is 1. The van der Waals surface area contributed by atoms with Crippen molar-refractivity contribution < 1.29 is 14.3 Å². The van der Waals surface area contributed by atoms with Crippen molar-refractivity contribution in [2.75, 3.05) is 47.0 Å². The predicted octanol–water partition coefficient (Wildman–Crippen LogP) is 1.39. The number of amides is 1. The van der Waals surface area contributed by atoms with Crippen LogP contribution in [0.3, 0.4) is 0 Å². The van der Waals surface area contributed by atoms with Crippen LogP contribution in [-0.4, -0.2) is 57.8 Å². The van der Waals surface area contributed by atoms with Crippen LogP contribution in [0.2, 0.25) is 0 Å². The van der Waals surface area contributed by atoms with Gasteiger partial charge in [-0.15, -0.1) is 0 Å². The minimum absolute atomic E-state index is 0.0669. The fraction of sp³-hybridized carbons (Fsp3) is 0.562. The number of nitrogens with zero attached hydrogens (tertiary/aromatic N) is 1. The summed E-state index contributed by atoms with van der Waals surface area (Å²) in [6.45, 7) is 4.54. The van der Waals surface area contributed by atoms with Crippen LogP contribution in [0.25, 0.3) is 0 Å². The number of para-hydroxylation sites is 1. The monoisotopic (exact) mass is 292 g/mol. The first-order chi connectivity index (χ1) is 10.2. The summed E-state index contributed by atoms with van der Waals surface area (Å²) in [4.78, 5) is 14.6. The molecule has 0 spiro atoms. The molecule has 5 heteroatoms. The Morgan fingerprint density at radius 1 is 1.38 bits per heavy atom. The summed E-state index contributed by atoms with van der Waals surface area (Å²) in [6, 6.07) is 7.30. The topological polar surface area (TPSA) is 50.8 Å². The highest BCUT2D eigenvalue weighted by molar-refractivity contribution is 5.96. The zero-order valence-corrected chi connectivity index (χ0v) is 12.8. The van der Waals surface area contributed by atoms with E-state index in [0.717, 1.165) is 32.7 Å². The van der Waals surface area contributed by atoms with Crippen molar-refractivity contribution in [2.45, 2.75) is 6.42 Å². The molecule has 21 heavy (non-hydrogen) atoms. The van der Waals surface area contributed by atoms with Crippen LogP contribution in [0, 0.1) is 5.92 Å². The van der Waals surface area contributed by atoms with Gasteiger partial charge in [0.25, 0.3) is 5.91 Å². The van der Waals surface area contributed by atoms with Gasteiger partial charge in [0.2, 0.25) is 0 Å². The first-order valence-electron chi connectivity index (χ1n) is 7.37. The Kier molecular flexibility index (Phi) is 6.02. The summed E-state index contributed by atoms with van der Waals surface area (Å²) < 4.78 is 10.3. The second-order valence-corrected chi connectivity index (χ2v) is 5.36. The minimum Gasteiger partial charge on any atom is -0.496 e. The van der Waals surface area contributed by atoms with Gasteiger partial charge in [-0.1, -0.05) is 12.1 Å². The van der Waals surface area contributed by atoms with E-state index in [-0.39, 0.29) is 5.91 Å². The average molecular weight is 292 g/mol. The van der Waals surface area contributed by atoms with Gasteiger partial charge >= 0.3 is 0 Å². The second-order valence-electron chi connectivity index (χ2n) is 5.36. The van der Waals surface area contributed by atoms with Gasteiger partial charge in [-0.2, -0.15) is 0 Å². The number of nitrogens with one attached hydrogen (secondary N) is 1. The van der Waals surface area contributed by atoms with Gasteiger partial charge in [0, 0.05) is 26.7 Å². The highest BCUT2D eigenvalue weighted by Gasteiger charge is 2.23. The average Bonchev–Trinajstić information content (AvgIpc) is 2.98. The Hall–Kier alpha value is -1.59. The minimum atomic E-state index is -0.0669. The van der Waals surface area contributed by atoms with Crippen LogP contribution in [0.15, 0.2) is 24.3 Å². The van der Waals surface area contributed by atoms with Crippen LogP contribution in [-0.2, 0) is 4.74 Å². The van der Waals surface area contributed by atoms with E-state index >= 15 is 0 Å². The largest absolute Gasteiger partial charge is 0.496 e. The number of rotatable bonds is 7. The Labute approximate surface area is 126 Å². The van der Waals surface area contributed by atoms with Crippen molar-refractivity contribution in [3.63, 3.8) is 0 Å². The van der Waals surface area contributed by atoms with Crippen molar-refractivity contribution in [3.05, 3.63) is 29.8 Å². The smallest absolute Gasteiger partial charge is 0.255 e. The lowest BCUT2D eigenvalue weighted by molar-refractivity contribution is 0.0943. The molecule has 0 aromatic heterocycles. The predicted molar refractivity (Wildman–Crippen MR) is 81.8 cm³/mol. The SMILES string of the molecule is COCCN1CC[C@H](CNC(=O)c2ccccc2OC)C1. The van der Waals surface area contributed by atoms with E-state index in [9.17, 15) is 4.79 Å². The molecule has 1 aliphatic heterocycles. The number of likely N-dealkylation sites (tertiary alicyclic amines) is 1. The third-order valence-corrected chi connectivity index (χ3v) is 3.88. The van der Waals surface area contributed by atoms with Crippen LogP contribution in [0.1, 0.15) is 16.8 Å². The number of benzene rings is 1. The van der Waals surface area contributed by atoms with E-state index in [1.54, 1.807) is 26.4 Å². The fourth-order valence-electron chi connectivity index (χ4n) is 2.67. The molecule has 1 atom stereocenters. The maximum Gasteiger partial charge on any atom is 0.255 e. The summed E-state index contributed by atoms with van der Waals surface area (Å²) in [7, 11) is 3.30. The van der Waals surface area contributed by atoms with Crippen molar-refractivity contribution in [2.24, 2.45) is 5.92 Å². The molecule has 0 bridgehead atoms. The van der Waals surface area contributed by atoms with Crippen molar-refractivity contribution in [1.82, 2.24) is 10.2 Å². The lowest BCUT2D eigenvalue weighted by Crippen LogP contribution is -2.32. The molecule has 1 aliphatic rings. The Bertz CT molecular complexity index is 465. The van der Waals surface area contributed by atoms with Gasteiger partial charge in [0.1, 0.15) is 5.75 Å². The van der Waals surface area contributed by atoms with Crippen LogP contribution < -0.4 is 10.1 Å². The molecule has 0 aliphatic carbocycles. The Balaban J connectivity index is 1.79. The van der Waals surface area contributed by atoms with Crippen LogP contribution >= 0.6 is 0 Å². The maximum atomic E-state index is 12.2. The number of ether oxygens (including phenoxy) is 2. The maximum absolute atomic E-state index is 12.2. The molecule has 1 N–H and O–H groups in total. The summed E-state index contributed by atoms with van der Waals surface area (Å²) in [5.74, 6) is 1.06. The third-order valence-electron chi connectivity index (χ3n) is 3.88. The second kappa shape index (κ2) is 8.00. The fourth-order valence-corrected chi connectivity index (χ4v) is 2.67. The normalized spacial score (nSPS) is 18.7. The van der Waals surface area contributed by atoms with E-state index in [2.05, 4.69) is 10.2 Å². The quantitative estimate of drug-likeness (QED) is 0.825. The van der Waals surface area contributed by atoms with Gasteiger partial charge < -0.3 is 19.7 Å². The zero-order chi connectivity index (χ0) is 15.1. The highest BCUT2D eigenvalue weighted by Crippen LogP contribution is 2.18. The molecule has 1 aromatic rings. The highest BCUT2D eigenvalue weighted by atomic mass is 16.5. The molecule has 1 aromatic carbocycles. The Morgan fingerprint density at radius 3 is 2.95 bits per heavy atom. The van der Waals surface area contributed by atoms with Gasteiger partial charge in [-0.05, 0) is 31.0 Å². The number of carbonyl (C=O) groups is 1. The number of hydrogen-bond acceptors (Lipinski definition) is 4. The molecule has 0 saturated carbocycles. The number of hydrogen-bond donors (Lipinski definition) is 1. The van der Waals surface area contributed by atoms with Gasteiger partial charge in [-0.25, -0.2) is 0 Å². The molecule has 2 rings (SSSR count). The van der Waals surface area contributed by atoms with E-state index in [1.807, 2.05) is 12.1 Å². The van der Waals surface area contributed by atoms with E-state index in [4.69, 9.17) is 9.47 Å².